The van der Waals surface area contributed by atoms with Crippen LogP contribution in [0, 0.1) is 5.82 Å². The van der Waals surface area contributed by atoms with Gasteiger partial charge in [0.05, 0.1) is 0 Å². The van der Waals surface area contributed by atoms with Crippen molar-refractivity contribution in [2.24, 2.45) is 0 Å². The first-order valence-corrected chi connectivity index (χ1v) is 7.89. The molecule has 0 amide bonds. The summed E-state index contributed by atoms with van der Waals surface area (Å²) >= 11 is 0. The molecule has 1 atom stereocenters. The van der Waals surface area contributed by atoms with Gasteiger partial charge in [-0.2, -0.15) is 0 Å². The number of aryl methyl sites for hydroxylation is 1. The highest BCUT2D eigenvalue weighted by Crippen LogP contribution is 2.40. The second kappa shape index (κ2) is 5.27. The lowest BCUT2D eigenvalue weighted by atomic mass is 9.75. The molecule has 2 aliphatic carbocycles. The average Bonchev–Trinajstić information content (AvgIpc) is 2.85. The lowest BCUT2D eigenvalue weighted by Crippen LogP contribution is -2.41. The van der Waals surface area contributed by atoms with Crippen molar-refractivity contribution < 1.29 is 4.39 Å². The summed E-state index contributed by atoms with van der Waals surface area (Å²) in [6.45, 7) is 0. The average molecular weight is 281 g/mol. The molecule has 0 aromatic heterocycles. The first-order chi connectivity index (χ1) is 10.3. The monoisotopic (exact) mass is 281 g/mol. The summed E-state index contributed by atoms with van der Waals surface area (Å²) in [6, 6.07) is 16.9. The molecule has 0 bridgehead atoms. The van der Waals surface area contributed by atoms with Gasteiger partial charge in [-0.25, -0.2) is 4.39 Å². The fourth-order valence-corrected chi connectivity index (χ4v) is 3.80. The van der Waals surface area contributed by atoms with Gasteiger partial charge < -0.3 is 5.32 Å². The highest BCUT2D eigenvalue weighted by Gasteiger charge is 2.33. The van der Waals surface area contributed by atoms with Crippen molar-refractivity contribution in [3.63, 3.8) is 0 Å². The lowest BCUT2D eigenvalue weighted by Gasteiger charge is -2.38. The smallest absolute Gasteiger partial charge is 0.123 e. The van der Waals surface area contributed by atoms with E-state index in [1.807, 2.05) is 6.07 Å². The summed E-state index contributed by atoms with van der Waals surface area (Å²) in [4.78, 5) is 0. The van der Waals surface area contributed by atoms with Crippen LogP contribution < -0.4 is 5.32 Å². The lowest BCUT2D eigenvalue weighted by molar-refractivity contribution is 0.264. The van der Waals surface area contributed by atoms with Gasteiger partial charge in [-0.1, -0.05) is 36.4 Å². The van der Waals surface area contributed by atoms with E-state index in [1.165, 1.54) is 30.0 Å². The van der Waals surface area contributed by atoms with E-state index in [0.29, 0.717) is 18.0 Å². The van der Waals surface area contributed by atoms with E-state index in [4.69, 9.17) is 0 Å². The van der Waals surface area contributed by atoms with Gasteiger partial charge in [0.25, 0.3) is 0 Å². The van der Waals surface area contributed by atoms with Gasteiger partial charge in [-0.05, 0) is 60.4 Å². The number of rotatable bonds is 3. The summed E-state index contributed by atoms with van der Waals surface area (Å²) < 4.78 is 13.3. The normalized spacial score (nSPS) is 27.2. The Bertz CT molecular complexity index is 646. The van der Waals surface area contributed by atoms with Gasteiger partial charge in [0.15, 0.2) is 0 Å². The van der Waals surface area contributed by atoms with Crippen LogP contribution in [-0.4, -0.2) is 6.04 Å². The van der Waals surface area contributed by atoms with E-state index >= 15 is 0 Å². The zero-order valence-electron chi connectivity index (χ0n) is 12.1. The minimum Gasteiger partial charge on any atom is -0.307 e. The summed E-state index contributed by atoms with van der Waals surface area (Å²) in [5.41, 5.74) is 4.13. The molecular weight excluding hydrogens is 261 g/mol. The van der Waals surface area contributed by atoms with Crippen molar-refractivity contribution in [3.8, 4) is 0 Å². The molecule has 0 heterocycles. The van der Waals surface area contributed by atoms with Crippen molar-refractivity contribution in [2.75, 3.05) is 0 Å². The minimum absolute atomic E-state index is 0.117. The molecular formula is C19H20FN. The summed E-state index contributed by atoms with van der Waals surface area (Å²) in [5.74, 6) is 0.406. The molecule has 0 radical (unpaired) electrons. The van der Waals surface area contributed by atoms with Crippen LogP contribution >= 0.6 is 0 Å². The molecule has 21 heavy (non-hydrogen) atoms. The van der Waals surface area contributed by atoms with Crippen molar-refractivity contribution >= 4 is 0 Å². The first-order valence-electron chi connectivity index (χ1n) is 7.89. The molecule has 1 N–H and O–H groups in total. The SMILES string of the molecule is Fc1cccc(C2CC(NC3CCc4ccccc43)C2)c1. The first kappa shape index (κ1) is 13.0. The summed E-state index contributed by atoms with van der Waals surface area (Å²) in [5, 5.41) is 3.79. The van der Waals surface area contributed by atoms with Crippen molar-refractivity contribution in [1.82, 2.24) is 5.32 Å². The largest absolute Gasteiger partial charge is 0.307 e. The third kappa shape index (κ3) is 2.49. The van der Waals surface area contributed by atoms with Crippen LogP contribution in [0.4, 0.5) is 4.39 Å². The fraction of sp³-hybridized carbons (Fsp3) is 0.368. The van der Waals surface area contributed by atoms with Crippen LogP contribution in [0.3, 0.4) is 0 Å². The number of nitrogens with one attached hydrogen (secondary N) is 1. The van der Waals surface area contributed by atoms with Gasteiger partial charge >= 0.3 is 0 Å². The predicted octanol–water partition coefficient (Wildman–Crippen LogP) is 4.35. The number of hydrogen-bond acceptors (Lipinski definition) is 1. The van der Waals surface area contributed by atoms with Gasteiger partial charge in [-0.3, -0.25) is 0 Å². The van der Waals surface area contributed by atoms with Crippen LogP contribution in [-0.2, 0) is 6.42 Å². The Labute approximate surface area is 125 Å². The standard InChI is InChI=1S/C19H20FN/c20-16-6-3-5-14(10-16)15-11-17(12-15)21-19-9-8-13-4-1-2-7-18(13)19/h1-7,10,15,17,19,21H,8-9,11-12H2. The van der Waals surface area contributed by atoms with Crippen LogP contribution in [0.5, 0.6) is 0 Å². The van der Waals surface area contributed by atoms with E-state index in [-0.39, 0.29) is 5.82 Å². The van der Waals surface area contributed by atoms with E-state index in [0.717, 1.165) is 18.4 Å². The second-order valence-corrected chi connectivity index (χ2v) is 6.38. The number of fused-ring (bicyclic) bond motifs is 1. The second-order valence-electron chi connectivity index (χ2n) is 6.38. The molecule has 4 rings (SSSR count). The maximum Gasteiger partial charge on any atom is 0.123 e. The van der Waals surface area contributed by atoms with E-state index in [9.17, 15) is 4.39 Å². The molecule has 2 aromatic carbocycles. The third-order valence-electron chi connectivity index (χ3n) is 5.03. The Morgan fingerprint density at radius 1 is 1.00 bits per heavy atom. The quantitative estimate of drug-likeness (QED) is 0.882. The number of halogens is 1. The highest BCUT2D eigenvalue weighted by molar-refractivity contribution is 5.34. The molecule has 0 saturated heterocycles. The molecule has 1 saturated carbocycles. The summed E-state index contributed by atoms with van der Waals surface area (Å²) in [7, 11) is 0. The molecule has 2 heteroatoms. The molecule has 1 unspecified atom stereocenters. The Balaban J connectivity index is 1.37. The molecule has 1 nitrogen and oxygen atoms in total. The third-order valence-corrected chi connectivity index (χ3v) is 5.03. The van der Waals surface area contributed by atoms with Crippen LogP contribution in [0.25, 0.3) is 0 Å². The van der Waals surface area contributed by atoms with E-state index in [1.54, 1.807) is 6.07 Å². The Kier molecular flexibility index (Phi) is 3.27. The topological polar surface area (TPSA) is 12.0 Å². The number of benzene rings is 2. The van der Waals surface area contributed by atoms with Crippen LogP contribution in [0.15, 0.2) is 48.5 Å². The Morgan fingerprint density at radius 2 is 1.86 bits per heavy atom. The zero-order chi connectivity index (χ0) is 14.2. The Hall–Kier alpha value is -1.67. The number of hydrogen-bond donors (Lipinski definition) is 1. The highest BCUT2D eigenvalue weighted by atomic mass is 19.1. The van der Waals surface area contributed by atoms with Crippen molar-refractivity contribution in [3.05, 3.63) is 71.0 Å². The summed E-state index contributed by atoms with van der Waals surface area (Å²) in [6.07, 6.45) is 4.65. The molecule has 0 spiro atoms. The maximum atomic E-state index is 13.3. The zero-order valence-corrected chi connectivity index (χ0v) is 12.1. The van der Waals surface area contributed by atoms with E-state index in [2.05, 4.69) is 35.6 Å². The molecule has 2 aromatic rings. The Morgan fingerprint density at radius 3 is 2.71 bits per heavy atom. The molecule has 2 aliphatic rings. The van der Waals surface area contributed by atoms with Gasteiger partial charge in [0, 0.05) is 12.1 Å². The van der Waals surface area contributed by atoms with Gasteiger partial charge in [0.1, 0.15) is 5.82 Å². The van der Waals surface area contributed by atoms with Gasteiger partial charge in [-0.15, -0.1) is 0 Å². The maximum absolute atomic E-state index is 13.3. The predicted molar refractivity (Wildman–Crippen MR) is 82.8 cm³/mol. The van der Waals surface area contributed by atoms with Crippen molar-refractivity contribution in [2.45, 2.75) is 43.7 Å². The minimum atomic E-state index is -0.117. The molecule has 0 aliphatic heterocycles. The molecule has 1 fully saturated rings. The van der Waals surface area contributed by atoms with Crippen LogP contribution in [0.1, 0.15) is 47.9 Å². The fourth-order valence-electron chi connectivity index (χ4n) is 3.80. The van der Waals surface area contributed by atoms with Crippen LogP contribution in [0.2, 0.25) is 0 Å². The molecule has 108 valence electrons. The van der Waals surface area contributed by atoms with Gasteiger partial charge in [0.2, 0.25) is 0 Å². The van der Waals surface area contributed by atoms with E-state index < -0.39 is 0 Å². The van der Waals surface area contributed by atoms with Crippen molar-refractivity contribution in [1.29, 1.82) is 0 Å².